The maximum Gasteiger partial charge on any atom is 0.222 e. The lowest BCUT2D eigenvalue weighted by molar-refractivity contribution is -0.132. The Kier molecular flexibility index (Phi) is 8.15. The Morgan fingerprint density at radius 1 is 1.35 bits per heavy atom. The third-order valence-electron chi connectivity index (χ3n) is 4.31. The molecule has 0 aliphatic carbocycles. The van der Waals surface area contributed by atoms with E-state index in [0.717, 1.165) is 45.3 Å². The summed E-state index contributed by atoms with van der Waals surface area (Å²) in [7, 11) is 4.17. The fourth-order valence-corrected chi connectivity index (χ4v) is 3.32. The highest BCUT2D eigenvalue weighted by molar-refractivity contribution is 5.76. The lowest BCUT2D eigenvalue weighted by Gasteiger charge is -2.28. The summed E-state index contributed by atoms with van der Waals surface area (Å²) in [4.78, 5) is 16.7. The van der Waals surface area contributed by atoms with E-state index in [1.54, 1.807) is 0 Å². The first-order valence-corrected chi connectivity index (χ1v) is 8.22. The van der Waals surface area contributed by atoms with Crippen LogP contribution < -0.4 is 5.73 Å². The number of likely N-dealkylation sites (tertiary alicyclic amines) is 1. The highest BCUT2D eigenvalue weighted by Crippen LogP contribution is 2.22. The molecule has 1 rings (SSSR count). The van der Waals surface area contributed by atoms with Gasteiger partial charge in [0.2, 0.25) is 5.91 Å². The molecule has 4 nitrogen and oxygen atoms in total. The number of nitrogens with zero attached hydrogens (tertiary/aromatic N) is 2. The lowest BCUT2D eigenvalue weighted by Crippen LogP contribution is -2.41. The van der Waals surface area contributed by atoms with Crippen LogP contribution in [0.5, 0.6) is 0 Å². The zero-order valence-corrected chi connectivity index (χ0v) is 13.6. The monoisotopic (exact) mass is 283 g/mol. The van der Waals surface area contributed by atoms with Crippen molar-refractivity contribution in [1.82, 2.24) is 9.80 Å². The average Bonchev–Trinajstić information content (AvgIpc) is 2.83. The van der Waals surface area contributed by atoms with Gasteiger partial charge in [0, 0.05) is 25.6 Å². The Labute approximate surface area is 124 Å². The number of rotatable bonds is 9. The molecule has 1 aliphatic rings. The minimum Gasteiger partial charge on any atom is -0.338 e. The average molecular weight is 283 g/mol. The molecule has 2 atom stereocenters. The second-order valence-corrected chi connectivity index (χ2v) is 6.42. The molecule has 1 saturated heterocycles. The van der Waals surface area contributed by atoms with Crippen LogP contribution in [0.15, 0.2) is 0 Å². The Bertz CT molecular complexity index is 275. The molecular weight excluding hydrogens is 250 g/mol. The molecule has 1 aliphatic heterocycles. The molecule has 0 bridgehead atoms. The predicted octanol–water partition coefficient (Wildman–Crippen LogP) is 2.08. The number of nitrogens with two attached hydrogens (primary N) is 1. The zero-order valence-electron chi connectivity index (χ0n) is 13.6. The molecule has 20 heavy (non-hydrogen) atoms. The van der Waals surface area contributed by atoms with Gasteiger partial charge in [0.05, 0.1) is 0 Å². The van der Waals surface area contributed by atoms with Crippen molar-refractivity contribution in [2.45, 2.75) is 57.9 Å². The second-order valence-electron chi connectivity index (χ2n) is 6.42. The van der Waals surface area contributed by atoms with Gasteiger partial charge in [-0.15, -0.1) is 0 Å². The summed E-state index contributed by atoms with van der Waals surface area (Å²) in [5.41, 5.74) is 5.66. The van der Waals surface area contributed by atoms with Crippen molar-refractivity contribution >= 4 is 5.91 Å². The van der Waals surface area contributed by atoms with Crippen LogP contribution in [0.3, 0.4) is 0 Å². The minimum atomic E-state index is 0.354. The smallest absolute Gasteiger partial charge is 0.222 e. The Balaban J connectivity index is 2.40. The quantitative estimate of drug-likeness (QED) is 0.705. The van der Waals surface area contributed by atoms with Gasteiger partial charge in [0.15, 0.2) is 0 Å². The minimum absolute atomic E-state index is 0.354. The normalized spacial score (nSPS) is 20.6. The van der Waals surface area contributed by atoms with Crippen LogP contribution in [0.2, 0.25) is 0 Å². The molecule has 0 aromatic rings. The summed E-state index contributed by atoms with van der Waals surface area (Å²) in [5.74, 6) is 0.983. The molecular formula is C16H33N3O. The lowest BCUT2D eigenvalue weighted by atomic mass is 9.94. The van der Waals surface area contributed by atoms with Gasteiger partial charge in [-0.2, -0.15) is 0 Å². The molecule has 4 heteroatoms. The van der Waals surface area contributed by atoms with Gasteiger partial charge in [0.25, 0.3) is 0 Å². The van der Waals surface area contributed by atoms with Crippen molar-refractivity contribution in [3.05, 3.63) is 0 Å². The van der Waals surface area contributed by atoms with Crippen molar-refractivity contribution in [2.75, 3.05) is 33.7 Å². The molecule has 2 unspecified atom stereocenters. The number of carbonyl (C=O) groups is 1. The molecule has 0 aromatic carbocycles. The van der Waals surface area contributed by atoms with E-state index in [4.69, 9.17) is 5.73 Å². The zero-order chi connectivity index (χ0) is 15.0. The first-order valence-electron chi connectivity index (χ1n) is 8.22. The van der Waals surface area contributed by atoms with Gasteiger partial charge in [-0.05, 0) is 52.2 Å². The summed E-state index contributed by atoms with van der Waals surface area (Å²) in [6, 6.07) is 0.427. The number of amides is 1. The molecule has 118 valence electrons. The first-order chi connectivity index (χ1) is 9.58. The Morgan fingerprint density at radius 3 is 2.70 bits per heavy atom. The van der Waals surface area contributed by atoms with Crippen LogP contribution in [0.25, 0.3) is 0 Å². The number of likely N-dealkylation sites (N-methyl/N-ethyl adjacent to an activating group) is 1. The number of hydrogen-bond acceptors (Lipinski definition) is 3. The molecule has 1 fully saturated rings. The largest absolute Gasteiger partial charge is 0.338 e. The summed E-state index contributed by atoms with van der Waals surface area (Å²) in [6.45, 7) is 4.89. The molecule has 1 heterocycles. The van der Waals surface area contributed by atoms with Gasteiger partial charge in [-0.25, -0.2) is 0 Å². The van der Waals surface area contributed by atoms with Crippen LogP contribution in [0.4, 0.5) is 0 Å². The summed E-state index contributed by atoms with van der Waals surface area (Å²) >= 11 is 0. The van der Waals surface area contributed by atoms with E-state index in [1.165, 1.54) is 12.8 Å². The fourth-order valence-electron chi connectivity index (χ4n) is 3.32. The topological polar surface area (TPSA) is 49.6 Å². The third-order valence-corrected chi connectivity index (χ3v) is 4.31. The SMILES string of the molecule is CCCC(CCN)CCC(=O)N1CCCC1CN(C)C. The van der Waals surface area contributed by atoms with Crippen molar-refractivity contribution < 1.29 is 4.79 Å². The van der Waals surface area contributed by atoms with E-state index in [1.807, 2.05) is 0 Å². The molecule has 0 radical (unpaired) electrons. The van der Waals surface area contributed by atoms with E-state index in [-0.39, 0.29) is 0 Å². The van der Waals surface area contributed by atoms with Gasteiger partial charge in [-0.3, -0.25) is 4.79 Å². The molecule has 0 aromatic heterocycles. The standard InChI is InChI=1S/C16H33N3O/c1-4-6-14(10-11-17)8-9-16(20)19-12-5-7-15(19)13-18(2)3/h14-15H,4-13,17H2,1-3H3. The highest BCUT2D eigenvalue weighted by atomic mass is 16.2. The van der Waals surface area contributed by atoms with Gasteiger partial charge >= 0.3 is 0 Å². The Morgan fingerprint density at radius 2 is 2.10 bits per heavy atom. The van der Waals surface area contributed by atoms with Crippen LogP contribution in [-0.4, -0.2) is 55.5 Å². The van der Waals surface area contributed by atoms with E-state index >= 15 is 0 Å². The van der Waals surface area contributed by atoms with Crippen LogP contribution in [0.1, 0.15) is 51.9 Å². The van der Waals surface area contributed by atoms with E-state index in [2.05, 4.69) is 30.8 Å². The summed E-state index contributed by atoms with van der Waals surface area (Å²) in [6.07, 6.45) is 7.47. The van der Waals surface area contributed by atoms with Gasteiger partial charge < -0.3 is 15.5 Å². The van der Waals surface area contributed by atoms with Crippen LogP contribution in [-0.2, 0) is 4.79 Å². The van der Waals surface area contributed by atoms with Crippen molar-refractivity contribution in [1.29, 1.82) is 0 Å². The van der Waals surface area contributed by atoms with Crippen molar-refractivity contribution in [2.24, 2.45) is 11.7 Å². The Hall–Kier alpha value is -0.610. The van der Waals surface area contributed by atoms with Crippen molar-refractivity contribution in [3.63, 3.8) is 0 Å². The maximum absolute atomic E-state index is 12.4. The highest BCUT2D eigenvalue weighted by Gasteiger charge is 2.28. The van der Waals surface area contributed by atoms with Gasteiger partial charge in [-0.1, -0.05) is 19.8 Å². The van der Waals surface area contributed by atoms with Crippen LogP contribution in [0, 0.1) is 5.92 Å². The predicted molar refractivity (Wildman–Crippen MR) is 84.6 cm³/mol. The molecule has 1 amide bonds. The molecule has 0 spiro atoms. The maximum atomic E-state index is 12.4. The second kappa shape index (κ2) is 9.35. The number of hydrogen-bond donors (Lipinski definition) is 1. The van der Waals surface area contributed by atoms with Gasteiger partial charge in [0.1, 0.15) is 0 Å². The van der Waals surface area contributed by atoms with Crippen LogP contribution >= 0.6 is 0 Å². The first kappa shape index (κ1) is 17.4. The third kappa shape index (κ3) is 5.80. The molecule has 0 saturated carbocycles. The van der Waals surface area contributed by atoms with E-state index in [0.29, 0.717) is 24.3 Å². The van der Waals surface area contributed by atoms with Crippen molar-refractivity contribution in [3.8, 4) is 0 Å². The molecule has 2 N–H and O–H groups in total. The summed E-state index contributed by atoms with van der Waals surface area (Å²) < 4.78 is 0. The fraction of sp³-hybridized carbons (Fsp3) is 0.938. The summed E-state index contributed by atoms with van der Waals surface area (Å²) in [5, 5.41) is 0. The van der Waals surface area contributed by atoms with E-state index in [9.17, 15) is 4.79 Å². The number of carbonyl (C=O) groups excluding carboxylic acids is 1. The van der Waals surface area contributed by atoms with E-state index < -0.39 is 0 Å².